The van der Waals surface area contributed by atoms with Crippen molar-refractivity contribution in [1.29, 1.82) is 0 Å². The zero-order valence-electron chi connectivity index (χ0n) is 12.8. The van der Waals surface area contributed by atoms with Crippen molar-refractivity contribution in [2.75, 3.05) is 32.4 Å². The van der Waals surface area contributed by atoms with Crippen LogP contribution in [0, 0.1) is 11.8 Å². The molecule has 20 heavy (non-hydrogen) atoms. The maximum atomic E-state index is 12.4. The first-order chi connectivity index (χ1) is 9.58. The zero-order valence-corrected chi connectivity index (χ0v) is 13.6. The molecule has 0 bridgehead atoms. The Morgan fingerprint density at radius 3 is 2.30 bits per heavy atom. The van der Waals surface area contributed by atoms with Crippen molar-refractivity contribution in [3.8, 4) is 0 Å². The number of hydrogen-bond donors (Lipinski definition) is 1. The largest absolute Gasteiger partial charge is 0.317 e. The van der Waals surface area contributed by atoms with E-state index < -0.39 is 10.0 Å². The standard InChI is InChI=1S/C15H30N2O2S/c1-17(13-15-5-3-2-4-6-15)20(18,19)12-9-14-7-10-16-11-8-14/h14-16H,2-13H2,1H3. The molecule has 5 heteroatoms. The van der Waals surface area contributed by atoms with Crippen LogP contribution in [0.25, 0.3) is 0 Å². The second kappa shape index (κ2) is 7.76. The highest BCUT2D eigenvalue weighted by atomic mass is 32.2. The second-order valence-corrected chi connectivity index (χ2v) is 8.78. The van der Waals surface area contributed by atoms with Crippen LogP contribution in [0.5, 0.6) is 0 Å². The van der Waals surface area contributed by atoms with Gasteiger partial charge in [0.2, 0.25) is 10.0 Å². The molecule has 0 atom stereocenters. The average Bonchev–Trinajstić information content (AvgIpc) is 2.47. The van der Waals surface area contributed by atoms with Crippen LogP contribution in [0.4, 0.5) is 0 Å². The van der Waals surface area contributed by atoms with Gasteiger partial charge in [0.1, 0.15) is 0 Å². The van der Waals surface area contributed by atoms with Gasteiger partial charge in [0.25, 0.3) is 0 Å². The molecule has 1 saturated carbocycles. The minimum atomic E-state index is -3.05. The van der Waals surface area contributed by atoms with E-state index in [2.05, 4.69) is 5.32 Å². The van der Waals surface area contributed by atoms with Crippen LogP contribution in [0.1, 0.15) is 51.4 Å². The molecule has 0 spiro atoms. The van der Waals surface area contributed by atoms with Gasteiger partial charge in [0.05, 0.1) is 5.75 Å². The van der Waals surface area contributed by atoms with Crippen LogP contribution in [0.15, 0.2) is 0 Å². The van der Waals surface area contributed by atoms with E-state index in [-0.39, 0.29) is 0 Å². The third kappa shape index (κ3) is 5.01. The monoisotopic (exact) mass is 302 g/mol. The minimum Gasteiger partial charge on any atom is -0.317 e. The lowest BCUT2D eigenvalue weighted by molar-refractivity contribution is 0.298. The van der Waals surface area contributed by atoms with E-state index in [4.69, 9.17) is 0 Å². The van der Waals surface area contributed by atoms with Gasteiger partial charge in [-0.1, -0.05) is 19.3 Å². The van der Waals surface area contributed by atoms with Gasteiger partial charge in [-0.3, -0.25) is 0 Å². The number of rotatable bonds is 6. The summed E-state index contributed by atoms with van der Waals surface area (Å²) in [4.78, 5) is 0. The first-order valence-electron chi connectivity index (χ1n) is 8.22. The molecular weight excluding hydrogens is 272 g/mol. The lowest BCUT2D eigenvalue weighted by atomic mass is 9.89. The summed E-state index contributed by atoms with van der Waals surface area (Å²) in [6.07, 6.45) is 9.36. The Labute approximate surface area is 124 Å². The number of piperidine rings is 1. The lowest BCUT2D eigenvalue weighted by Crippen LogP contribution is -2.35. The van der Waals surface area contributed by atoms with Crippen molar-refractivity contribution in [3.05, 3.63) is 0 Å². The molecule has 1 saturated heterocycles. The molecule has 0 unspecified atom stereocenters. The van der Waals surface area contributed by atoms with Gasteiger partial charge in [-0.15, -0.1) is 0 Å². The topological polar surface area (TPSA) is 49.4 Å². The Morgan fingerprint density at radius 2 is 1.65 bits per heavy atom. The number of hydrogen-bond acceptors (Lipinski definition) is 3. The molecule has 0 radical (unpaired) electrons. The first kappa shape index (κ1) is 16.2. The molecule has 1 heterocycles. The summed E-state index contributed by atoms with van der Waals surface area (Å²) in [5, 5.41) is 3.33. The van der Waals surface area contributed by atoms with E-state index in [1.165, 1.54) is 32.1 Å². The third-order valence-electron chi connectivity index (χ3n) is 4.96. The Hall–Kier alpha value is -0.130. The van der Waals surface area contributed by atoms with E-state index in [9.17, 15) is 8.42 Å². The minimum absolute atomic E-state index is 0.334. The maximum Gasteiger partial charge on any atom is 0.213 e. The molecule has 2 fully saturated rings. The summed E-state index contributed by atoms with van der Waals surface area (Å²) in [5.74, 6) is 1.51. The normalized spacial score (nSPS) is 23.3. The van der Waals surface area contributed by atoms with Crippen LogP contribution < -0.4 is 5.32 Å². The zero-order chi connectivity index (χ0) is 14.4. The SMILES string of the molecule is CN(CC1CCCCC1)S(=O)(=O)CCC1CCNCC1. The second-order valence-electron chi connectivity index (χ2n) is 6.58. The van der Waals surface area contributed by atoms with Crippen molar-refractivity contribution in [2.24, 2.45) is 11.8 Å². The van der Waals surface area contributed by atoms with Gasteiger partial charge < -0.3 is 5.32 Å². The molecule has 0 aromatic rings. The molecule has 1 aliphatic heterocycles. The summed E-state index contributed by atoms with van der Waals surface area (Å²) in [6.45, 7) is 2.82. The molecular formula is C15H30N2O2S. The van der Waals surface area contributed by atoms with Gasteiger partial charge in [-0.25, -0.2) is 12.7 Å². The van der Waals surface area contributed by atoms with Crippen LogP contribution >= 0.6 is 0 Å². The summed E-state index contributed by atoms with van der Waals surface area (Å²) in [6, 6.07) is 0. The molecule has 0 aromatic heterocycles. The van der Waals surface area contributed by atoms with E-state index in [0.717, 1.165) is 38.9 Å². The van der Waals surface area contributed by atoms with Gasteiger partial charge >= 0.3 is 0 Å². The summed E-state index contributed by atoms with van der Waals surface area (Å²) in [5.41, 5.74) is 0. The van der Waals surface area contributed by atoms with Crippen molar-refractivity contribution in [2.45, 2.75) is 51.4 Å². The van der Waals surface area contributed by atoms with E-state index >= 15 is 0 Å². The van der Waals surface area contributed by atoms with Crippen molar-refractivity contribution in [3.63, 3.8) is 0 Å². The van der Waals surface area contributed by atoms with Crippen molar-refractivity contribution >= 4 is 10.0 Å². The first-order valence-corrected chi connectivity index (χ1v) is 9.83. The Morgan fingerprint density at radius 1 is 1.00 bits per heavy atom. The molecule has 0 aromatic carbocycles. The van der Waals surface area contributed by atoms with Crippen LogP contribution in [-0.4, -0.2) is 45.2 Å². The fourth-order valence-electron chi connectivity index (χ4n) is 3.49. The molecule has 2 rings (SSSR count). The van der Waals surface area contributed by atoms with Gasteiger partial charge in [0.15, 0.2) is 0 Å². The Balaban J connectivity index is 1.75. The predicted octanol–water partition coefficient (Wildman–Crippen LogP) is 2.22. The molecule has 1 N–H and O–H groups in total. The van der Waals surface area contributed by atoms with Gasteiger partial charge in [-0.2, -0.15) is 0 Å². The lowest BCUT2D eigenvalue weighted by Gasteiger charge is -2.27. The van der Waals surface area contributed by atoms with E-state index in [1.54, 1.807) is 11.4 Å². The van der Waals surface area contributed by atoms with Crippen LogP contribution in [-0.2, 0) is 10.0 Å². The summed E-state index contributed by atoms with van der Waals surface area (Å²) in [7, 11) is -1.28. The van der Waals surface area contributed by atoms with Crippen molar-refractivity contribution in [1.82, 2.24) is 9.62 Å². The quantitative estimate of drug-likeness (QED) is 0.818. The average molecular weight is 302 g/mol. The maximum absolute atomic E-state index is 12.4. The molecule has 118 valence electrons. The van der Waals surface area contributed by atoms with Crippen molar-refractivity contribution < 1.29 is 8.42 Å². The highest BCUT2D eigenvalue weighted by Crippen LogP contribution is 2.25. The Bertz CT molecular complexity index is 371. The highest BCUT2D eigenvalue weighted by molar-refractivity contribution is 7.89. The molecule has 0 amide bonds. The van der Waals surface area contributed by atoms with Gasteiger partial charge in [0, 0.05) is 13.6 Å². The van der Waals surface area contributed by atoms with E-state index in [0.29, 0.717) is 17.6 Å². The van der Waals surface area contributed by atoms with Crippen LogP contribution in [0.3, 0.4) is 0 Å². The molecule has 1 aliphatic carbocycles. The fraction of sp³-hybridized carbons (Fsp3) is 1.00. The van der Waals surface area contributed by atoms with Crippen LogP contribution in [0.2, 0.25) is 0 Å². The Kier molecular flexibility index (Phi) is 6.30. The number of nitrogens with zero attached hydrogens (tertiary/aromatic N) is 1. The predicted molar refractivity (Wildman–Crippen MR) is 83.2 cm³/mol. The third-order valence-corrected chi connectivity index (χ3v) is 6.81. The summed E-state index contributed by atoms with van der Waals surface area (Å²) < 4.78 is 26.3. The summed E-state index contributed by atoms with van der Waals surface area (Å²) >= 11 is 0. The van der Waals surface area contributed by atoms with Gasteiger partial charge in [-0.05, 0) is 57.0 Å². The number of nitrogens with one attached hydrogen (secondary N) is 1. The molecule has 4 nitrogen and oxygen atoms in total. The fourth-order valence-corrected chi connectivity index (χ4v) is 4.87. The van der Waals surface area contributed by atoms with E-state index in [1.807, 2.05) is 0 Å². The number of sulfonamides is 1. The molecule has 2 aliphatic rings. The smallest absolute Gasteiger partial charge is 0.213 e. The highest BCUT2D eigenvalue weighted by Gasteiger charge is 2.24.